The van der Waals surface area contributed by atoms with Crippen LogP contribution in [0.15, 0.2) is 24.9 Å². The van der Waals surface area contributed by atoms with E-state index in [2.05, 4.69) is 20.4 Å². The highest BCUT2D eigenvalue weighted by Crippen LogP contribution is 2.17. The molecule has 122 valence electrons. The molecule has 2 aromatic rings. The van der Waals surface area contributed by atoms with Gasteiger partial charge in [0.05, 0.1) is 42.9 Å². The topological polar surface area (TPSA) is 91.2 Å². The highest BCUT2D eigenvalue weighted by molar-refractivity contribution is 5.95. The van der Waals surface area contributed by atoms with Crippen molar-refractivity contribution in [2.24, 2.45) is 0 Å². The molecule has 8 heteroatoms. The molecule has 1 amide bonds. The summed E-state index contributed by atoms with van der Waals surface area (Å²) < 4.78 is 13.1. The fourth-order valence-electron chi connectivity index (χ4n) is 2.40. The Kier molecular flexibility index (Phi) is 4.52. The Balaban J connectivity index is 1.65. The van der Waals surface area contributed by atoms with Crippen molar-refractivity contribution in [3.05, 3.63) is 36.2 Å². The Labute approximate surface area is 133 Å². The summed E-state index contributed by atoms with van der Waals surface area (Å²) in [6.07, 6.45) is 6.16. The minimum Gasteiger partial charge on any atom is -0.482 e. The summed E-state index contributed by atoms with van der Waals surface area (Å²) in [5.41, 5.74) is 1.09. The van der Waals surface area contributed by atoms with Crippen LogP contribution in [0.2, 0.25) is 0 Å². The maximum Gasteiger partial charge on any atom is 0.255 e. The molecule has 0 saturated carbocycles. The summed E-state index contributed by atoms with van der Waals surface area (Å²) in [7, 11) is 0. The van der Waals surface area contributed by atoms with Gasteiger partial charge in [0.25, 0.3) is 5.91 Å². The molecule has 3 rings (SSSR count). The van der Waals surface area contributed by atoms with Gasteiger partial charge in [-0.3, -0.25) is 9.48 Å². The molecule has 8 nitrogen and oxygen atoms in total. The number of amides is 1. The van der Waals surface area contributed by atoms with Crippen LogP contribution >= 0.6 is 0 Å². The van der Waals surface area contributed by atoms with Crippen molar-refractivity contribution in [3.8, 4) is 5.75 Å². The summed E-state index contributed by atoms with van der Waals surface area (Å²) in [5.74, 6) is 0.442. The van der Waals surface area contributed by atoms with E-state index in [1.165, 1.54) is 12.5 Å². The molecule has 23 heavy (non-hydrogen) atoms. The van der Waals surface area contributed by atoms with Gasteiger partial charge >= 0.3 is 0 Å². The standard InChI is InChI=1S/C15H19N5O3/c1-3-20-6-11(4-18-20)23-14-8-22-7-13(14)19-15(21)12-5-16-9-17-10(12)2/h4-6,9,13-14H,3,7-8H2,1-2H3,(H,19,21)/t13-,14+/m0/s1. The van der Waals surface area contributed by atoms with E-state index in [-0.39, 0.29) is 18.1 Å². The van der Waals surface area contributed by atoms with Crippen molar-refractivity contribution in [2.45, 2.75) is 32.5 Å². The molecule has 1 N–H and O–H groups in total. The summed E-state index contributed by atoms with van der Waals surface area (Å²) in [6, 6.07) is -0.230. The summed E-state index contributed by atoms with van der Waals surface area (Å²) >= 11 is 0. The van der Waals surface area contributed by atoms with Crippen molar-refractivity contribution in [1.29, 1.82) is 0 Å². The lowest BCUT2D eigenvalue weighted by Crippen LogP contribution is -2.45. The number of aryl methyl sites for hydroxylation is 2. The number of nitrogens with one attached hydrogen (secondary N) is 1. The van der Waals surface area contributed by atoms with E-state index < -0.39 is 0 Å². The van der Waals surface area contributed by atoms with E-state index in [0.717, 1.165) is 6.54 Å². The van der Waals surface area contributed by atoms with E-state index in [1.54, 1.807) is 17.8 Å². The van der Waals surface area contributed by atoms with Crippen molar-refractivity contribution < 1.29 is 14.3 Å². The second-order valence-corrected chi connectivity index (χ2v) is 5.33. The first kappa shape index (κ1) is 15.4. The highest BCUT2D eigenvalue weighted by atomic mass is 16.5. The van der Waals surface area contributed by atoms with Crippen LogP contribution in [0.25, 0.3) is 0 Å². The third-order valence-electron chi connectivity index (χ3n) is 3.72. The smallest absolute Gasteiger partial charge is 0.255 e. The van der Waals surface area contributed by atoms with Crippen LogP contribution in [-0.4, -0.2) is 51.0 Å². The fraction of sp³-hybridized carbons (Fsp3) is 0.467. The van der Waals surface area contributed by atoms with E-state index in [9.17, 15) is 4.79 Å². The van der Waals surface area contributed by atoms with Crippen LogP contribution in [0, 0.1) is 6.92 Å². The third kappa shape index (κ3) is 3.48. The first-order valence-electron chi connectivity index (χ1n) is 7.51. The number of hydrogen-bond donors (Lipinski definition) is 1. The van der Waals surface area contributed by atoms with E-state index in [4.69, 9.17) is 9.47 Å². The lowest BCUT2D eigenvalue weighted by atomic mass is 10.1. The molecule has 2 aromatic heterocycles. The Hall–Kier alpha value is -2.48. The first-order valence-corrected chi connectivity index (χ1v) is 7.51. The van der Waals surface area contributed by atoms with Crippen molar-refractivity contribution in [2.75, 3.05) is 13.2 Å². The molecule has 1 fully saturated rings. The number of carbonyl (C=O) groups is 1. The fourth-order valence-corrected chi connectivity index (χ4v) is 2.40. The van der Waals surface area contributed by atoms with Crippen LogP contribution in [-0.2, 0) is 11.3 Å². The number of carbonyl (C=O) groups excluding carboxylic acids is 1. The van der Waals surface area contributed by atoms with Crippen molar-refractivity contribution >= 4 is 5.91 Å². The predicted octanol–water partition coefficient (Wildman–Crippen LogP) is 0.578. The molecule has 1 saturated heterocycles. The Morgan fingerprint density at radius 2 is 2.35 bits per heavy atom. The van der Waals surface area contributed by atoms with Crippen LogP contribution in [0.1, 0.15) is 23.0 Å². The minimum absolute atomic E-state index is 0.226. The van der Waals surface area contributed by atoms with Crippen LogP contribution in [0.3, 0.4) is 0 Å². The lowest BCUT2D eigenvalue weighted by molar-refractivity contribution is 0.0902. The van der Waals surface area contributed by atoms with Gasteiger partial charge in [-0.2, -0.15) is 5.10 Å². The Morgan fingerprint density at radius 1 is 1.48 bits per heavy atom. The monoisotopic (exact) mass is 317 g/mol. The van der Waals surface area contributed by atoms with Crippen LogP contribution in [0.5, 0.6) is 5.75 Å². The average Bonchev–Trinajstić information content (AvgIpc) is 3.18. The molecule has 0 bridgehead atoms. The van der Waals surface area contributed by atoms with Crippen LogP contribution in [0.4, 0.5) is 0 Å². The molecule has 1 aliphatic rings. The van der Waals surface area contributed by atoms with E-state index in [1.807, 2.05) is 13.1 Å². The van der Waals surface area contributed by atoms with E-state index >= 15 is 0 Å². The minimum atomic E-state index is -0.251. The number of rotatable bonds is 5. The summed E-state index contributed by atoms with van der Waals surface area (Å²) in [4.78, 5) is 20.3. The second kappa shape index (κ2) is 6.74. The maximum absolute atomic E-state index is 12.4. The van der Waals surface area contributed by atoms with Crippen molar-refractivity contribution in [3.63, 3.8) is 0 Å². The zero-order valence-corrected chi connectivity index (χ0v) is 13.1. The average molecular weight is 317 g/mol. The molecule has 1 aliphatic heterocycles. The number of nitrogens with zero attached hydrogens (tertiary/aromatic N) is 4. The number of aromatic nitrogens is 4. The van der Waals surface area contributed by atoms with Crippen LogP contribution < -0.4 is 10.1 Å². The van der Waals surface area contributed by atoms with Gasteiger partial charge in [-0.25, -0.2) is 9.97 Å². The zero-order chi connectivity index (χ0) is 16.2. The molecule has 0 spiro atoms. The van der Waals surface area contributed by atoms with Gasteiger partial charge in [0.2, 0.25) is 0 Å². The molecule has 2 atom stereocenters. The number of ether oxygens (including phenoxy) is 2. The molecular weight excluding hydrogens is 298 g/mol. The van der Waals surface area contributed by atoms with Gasteiger partial charge in [-0.15, -0.1) is 0 Å². The number of hydrogen-bond acceptors (Lipinski definition) is 6. The molecular formula is C15H19N5O3. The largest absolute Gasteiger partial charge is 0.482 e. The zero-order valence-electron chi connectivity index (χ0n) is 13.1. The predicted molar refractivity (Wildman–Crippen MR) is 81.2 cm³/mol. The van der Waals surface area contributed by atoms with Gasteiger partial charge in [0, 0.05) is 12.7 Å². The normalized spacial score (nSPS) is 20.4. The van der Waals surface area contributed by atoms with Gasteiger partial charge in [0.15, 0.2) is 5.75 Å². The lowest BCUT2D eigenvalue weighted by Gasteiger charge is -2.19. The molecule has 0 aliphatic carbocycles. The first-order chi connectivity index (χ1) is 11.2. The van der Waals surface area contributed by atoms with Crippen molar-refractivity contribution in [1.82, 2.24) is 25.1 Å². The highest BCUT2D eigenvalue weighted by Gasteiger charge is 2.32. The summed E-state index contributed by atoms with van der Waals surface area (Å²) in [5, 5.41) is 7.10. The molecule has 0 unspecified atom stereocenters. The van der Waals surface area contributed by atoms with Gasteiger partial charge in [0.1, 0.15) is 12.4 Å². The molecule has 0 aromatic carbocycles. The second-order valence-electron chi connectivity index (χ2n) is 5.33. The Bertz CT molecular complexity index is 687. The van der Waals surface area contributed by atoms with Gasteiger partial charge in [-0.1, -0.05) is 0 Å². The van der Waals surface area contributed by atoms with E-state index in [0.29, 0.717) is 30.2 Å². The third-order valence-corrected chi connectivity index (χ3v) is 3.72. The summed E-state index contributed by atoms with van der Waals surface area (Å²) in [6.45, 7) is 5.38. The van der Waals surface area contributed by atoms with Gasteiger partial charge < -0.3 is 14.8 Å². The Morgan fingerprint density at radius 3 is 3.09 bits per heavy atom. The SMILES string of the molecule is CCn1cc(O[C@@H]2COC[C@@H]2NC(=O)c2cncnc2C)cn1. The molecule has 3 heterocycles. The molecule has 0 radical (unpaired) electrons. The van der Waals surface area contributed by atoms with Gasteiger partial charge in [-0.05, 0) is 13.8 Å². The quantitative estimate of drug-likeness (QED) is 0.867. The maximum atomic E-state index is 12.4.